The lowest BCUT2D eigenvalue weighted by Crippen LogP contribution is -2.31. The Kier molecular flexibility index (Phi) is 7.75. The van der Waals surface area contributed by atoms with Gasteiger partial charge in [-0.25, -0.2) is 4.98 Å². The summed E-state index contributed by atoms with van der Waals surface area (Å²) < 4.78 is 0. The number of aromatic nitrogens is 1. The highest BCUT2D eigenvalue weighted by Crippen LogP contribution is 2.06. The van der Waals surface area contributed by atoms with Crippen LogP contribution >= 0.6 is 0 Å². The smallest absolute Gasteiger partial charge is 0.269 e. The molecule has 1 aromatic rings. The first-order valence-corrected chi connectivity index (χ1v) is 7.73. The molecule has 21 heavy (non-hydrogen) atoms. The second-order valence-corrected chi connectivity index (χ2v) is 5.54. The van der Waals surface area contributed by atoms with Crippen molar-refractivity contribution in [3.05, 3.63) is 24.0 Å². The van der Waals surface area contributed by atoms with Crippen LogP contribution in [0.25, 0.3) is 0 Å². The van der Waals surface area contributed by atoms with Crippen LogP contribution in [0.4, 0.5) is 5.69 Å². The lowest BCUT2D eigenvalue weighted by atomic mass is 10.3. The molecule has 1 amide bonds. The van der Waals surface area contributed by atoms with Crippen LogP contribution < -0.4 is 10.6 Å². The van der Waals surface area contributed by atoms with E-state index in [0.29, 0.717) is 18.3 Å². The minimum atomic E-state index is -0.107. The van der Waals surface area contributed by atoms with E-state index in [9.17, 15) is 4.79 Å². The Balaban J connectivity index is 2.31. The third-order valence-electron chi connectivity index (χ3n) is 3.43. The second kappa shape index (κ2) is 9.34. The highest BCUT2D eigenvalue weighted by Gasteiger charge is 2.07. The first-order chi connectivity index (χ1) is 10.0. The molecule has 0 fully saturated rings. The number of nitrogens with one attached hydrogen (secondary N) is 2. The van der Waals surface area contributed by atoms with Crippen molar-refractivity contribution in [2.45, 2.75) is 39.7 Å². The molecule has 0 aliphatic rings. The van der Waals surface area contributed by atoms with Gasteiger partial charge in [-0.3, -0.25) is 4.79 Å². The van der Waals surface area contributed by atoms with Gasteiger partial charge >= 0.3 is 0 Å². The van der Waals surface area contributed by atoms with Gasteiger partial charge in [-0.1, -0.05) is 6.92 Å². The number of hydrogen-bond acceptors (Lipinski definition) is 4. The number of carbonyl (C=O) groups excluding carboxylic acids is 1. The maximum absolute atomic E-state index is 11.9. The van der Waals surface area contributed by atoms with Crippen molar-refractivity contribution >= 4 is 11.6 Å². The molecular weight excluding hydrogens is 264 g/mol. The largest absolute Gasteiger partial charge is 0.384 e. The monoisotopic (exact) mass is 292 g/mol. The van der Waals surface area contributed by atoms with Crippen LogP contribution in [0.15, 0.2) is 18.3 Å². The Bertz CT molecular complexity index is 417. The van der Waals surface area contributed by atoms with Crippen LogP contribution in [-0.2, 0) is 0 Å². The van der Waals surface area contributed by atoms with E-state index < -0.39 is 0 Å². The molecule has 118 valence electrons. The molecule has 0 radical (unpaired) electrons. The highest BCUT2D eigenvalue weighted by molar-refractivity contribution is 5.92. The van der Waals surface area contributed by atoms with E-state index in [1.54, 1.807) is 12.3 Å². The number of nitrogens with zero attached hydrogens (tertiary/aromatic N) is 2. The quantitative estimate of drug-likeness (QED) is 0.686. The molecule has 0 unspecified atom stereocenters. The Morgan fingerprint density at radius 2 is 2.10 bits per heavy atom. The van der Waals surface area contributed by atoms with Crippen molar-refractivity contribution in [3.8, 4) is 0 Å². The molecular formula is C16H28N4O. The summed E-state index contributed by atoms with van der Waals surface area (Å²) in [6.07, 6.45) is 3.71. The van der Waals surface area contributed by atoms with Crippen molar-refractivity contribution in [1.82, 2.24) is 15.2 Å². The Hall–Kier alpha value is -1.62. The predicted molar refractivity (Wildman–Crippen MR) is 87.7 cm³/mol. The number of anilines is 1. The maximum Gasteiger partial charge on any atom is 0.269 e. The number of amides is 1. The van der Waals surface area contributed by atoms with Crippen molar-refractivity contribution < 1.29 is 4.79 Å². The Morgan fingerprint density at radius 1 is 1.33 bits per heavy atom. The zero-order valence-corrected chi connectivity index (χ0v) is 13.6. The van der Waals surface area contributed by atoms with Crippen molar-refractivity contribution in [1.29, 1.82) is 0 Å². The fourth-order valence-corrected chi connectivity index (χ4v) is 1.78. The third-order valence-corrected chi connectivity index (χ3v) is 3.43. The van der Waals surface area contributed by atoms with Crippen LogP contribution in [0.2, 0.25) is 0 Å². The van der Waals surface area contributed by atoms with Crippen LogP contribution in [0.1, 0.15) is 44.1 Å². The van der Waals surface area contributed by atoms with Gasteiger partial charge in [0.15, 0.2) is 0 Å². The second-order valence-electron chi connectivity index (χ2n) is 5.54. The molecule has 0 spiro atoms. The minimum absolute atomic E-state index is 0.107. The van der Waals surface area contributed by atoms with Crippen molar-refractivity contribution in [2.24, 2.45) is 0 Å². The van der Waals surface area contributed by atoms with Crippen LogP contribution in [0, 0.1) is 0 Å². The van der Waals surface area contributed by atoms with E-state index in [-0.39, 0.29) is 5.91 Å². The fraction of sp³-hybridized carbons (Fsp3) is 0.625. The molecule has 5 nitrogen and oxygen atoms in total. The summed E-state index contributed by atoms with van der Waals surface area (Å²) in [4.78, 5) is 18.4. The summed E-state index contributed by atoms with van der Waals surface area (Å²) in [5.74, 6) is -0.107. The van der Waals surface area contributed by atoms with E-state index in [1.165, 1.54) is 0 Å². The third kappa shape index (κ3) is 6.58. The lowest BCUT2D eigenvalue weighted by molar-refractivity contribution is 0.0946. The highest BCUT2D eigenvalue weighted by atomic mass is 16.1. The molecule has 1 rings (SSSR count). The molecule has 0 saturated carbocycles. The first-order valence-electron chi connectivity index (χ1n) is 7.73. The van der Waals surface area contributed by atoms with Crippen LogP contribution in [0.3, 0.4) is 0 Å². The average molecular weight is 292 g/mol. The van der Waals surface area contributed by atoms with Gasteiger partial charge in [-0.05, 0) is 52.4 Å². The van der Waals surface area contributed by atoms with Gasteiger partial charge in [-0.2, -0.15) is 0 Å². The lowest BCUT2D eigenvalue weighted by Gasteiger charge is -2.20. The van der Waals surface area contributed by atoms with Crippen LogP contribution in [0.5, 0.6) is 0 Å². The molecule has 1 heterocycles. The predicted octanol–water partition coefficient (Wildman–Crippen LogP) is 2.36. The first kappa shape index (κ1) is 17.4. The molecule has 2 N–H and O–H groups in total. The van der Waals surface area contributed by atoms with Gasteiger partial charge in [0, 0.05) is 19.1 Å². The van der Waals surface area contributed by atoms with E-state index in [1.807, 2.05) is 6.07 Å². The number of pyridine rings is 1. The molecule has 0 bridgehead atoms. The van der Waals surface area contributed by atoms with E-state index in [0.717, 1.165) is 31.6 Å². The normalized spacial score (nSPS) is 11.0. The van der Waals surface area contributed by atoms with Gasteiger partial charge in [0.25, 0.3) is 5.91 Å². The summed E-state index contributed by atoms with van der Waals surface area (Å²) in [5, 5.41) is 6.14. The molecule has 0 aliphatic heterocycles. The molecule has 0 saturated heterocycles. The zero-order valence-electron chi connectivity index (χ0n) is 13.6. The molecule has 5 heteroatoms. The maximum atomic E-state index is 11.9. The van der Waals surface area contributed by atoms with Gasteiger partial charge in [-0.15, -0.1) is 0 Å². The van der Waals surface area contributed by atoms with E-state index in [4.69, 9.17) is 0 Å². The SMILES string of the molecule is CCCNc1ccc(C(=O)NCCCN(C)C(C)C)nc1. The fourth-order valence-electron chi connectivity index (χ4n) is 1.78. The number of rotatable bonds is 9. The van der Waals surface area contributed by atoms with Gasteiger partial charge < -0.3 is 15.5 Å². The number of carbonyl (C=O) groups is 1. The van der Waals surface area contributed by atoms with Crippen molar-refractivity contribution in [2.75, 3.05) is 32.0 Å². The average Bonchev–Trinajstić information content (AvgIpc) is 2.49. The molecule has 1 aromatic heterocycles. The minimum Gasteiger partial charge on any atom is -0.384 e. The summed E-state index contributed by atoms with van der Waals surface area (Å²) in [5.41, 5.74) is 1.42. The summed E-state index contributed by atoms with van der Waals surface area (Å²) in [6.45, 7) is 9.00. The Labute approximate surface area is 128 Å². The Morgan fingerprint density at radius 3 is 2.67 bits per heavy atom. The van der Waals surface area contributed by atoms with Crippen molar-refractivity contribution in [3.63, 3.8) is 0 Å². The van der Waals surface area contributed by atoms with E-state index >= 15 is 0 Å². The summed E-state index contributed by atoms with van der Waals surface area (Å²) >= 11 is 0. The van der Waals surface area contributed by atoms with E-state index in [2.05, 4.69) is 48.3 Å². The zero-order chi connectivity index (χ0) is 15.7. The van der Waals surface area contributed by atoms with Crippen LogP contribution in [-0.4, -0.2) is 48.5 Å². The molecule has 0 atom stereocenters. The molecule has 0 aromatic carbocycles. The van der Waals surface area contributed by atoms with Gasteiger partial charge in [0.05, 0.1) is 11.9 Å². The summed E-state index contributed by atoms with van der Waals surface area (Å²) in [6, 6.07) is 4.18. The topological polar surface area (TPSA) is 57.3 Å². The number of hydrogen-bond donors (Lipinski definition) is 2. The molecule has 0 aliphatic carbocycles. The van der Waals surface area contributed by atoms with Gasteiger partial charge in [0.1, 0.15) is 5.69 Å². The summed E-state index contributed by atoms with van der Waals surface area (Å²) in [7, 11) is 2.09. The van der Waals surface area contributed by atoms with Gasteiger partial charge in [0.2, 0.25) is 0 Å². The standard InChI is InChI=1S/C16H28N4O/c1-5-9-17-14-7-8-15(19-12-14)16(21)18-10-6-11-20(4)13(2)3/h7-8,12-13,17H,5-6,9-11H2,1-4H3,(H,18,21).